The van der Waals surface area contributed by atoms with Gasteiger partial charge in [-0.05, 0) is 12.7 Å². The van der Waals surface area contributed by atoms with Gasteiger partial charge in [-0.2, -0.15) is 11.8 Å². The molecule has 136 valence electrons. The molecule has 0 saturated heterocycles. The number of thioether (sulfide) groups is 1. The summed E-state index contributed by atoms with van der Waals surface area (Å²) >= 11 is 1.37. The van der Waals surface area contributed by atoms with Gasteiger partial charge in [-0.25, -0.2) is 0 Å². The van der Waals surface area contributed by atoms with E-state index in [-0.39, 0.29) is 32.7 Å². The minimum Gasteiger partial charge on any atom is -0.368 e. The Balaban J connectivity index is -0.00000128. The average Bonchev–Trinajstić information content (AvgIpc) is 2.51. The van der Waals surface area contributed by atoms with Crippen LogP contribution in [0.3, 0.4) is 0 Å². The molecule has 8 nitrogen and oxygen atoms in total. The van der Waals surface area contributed by atoms with Crippen LogP contribution < -0.4 is 22.1 Å². The Morgan fingerprint density at radius 3 is 2.26 bits per heavy atom. The van der Waals surface area contributed by atoms with Crippen LogP contribution in [-0.4, -0.2) is 54.6 Å². The third kappa shape index (κ3) is 15.1. The van der Waals surface area contributed by atoms with Gasteiger partial charge in [-0.3, -0.25) is 14.4 Å². The number of nitrogens with one attached hydrogen (secondary N) is 2. The number of hydrogen-bond donors (Lipinski definition) is 4. The predicted molar refractivity (Wildman–Crippen MR) is 93.9 cm³/mol. The molecular weight excluding hydrogens is 320 g/mol. The summed E-state index contributed by atoms with van der Waals surface area (Å²) in [6.07, 6.45) is 2.60. The van der Waals surface area contributed by atoms with E-state index >= 15 is 0 Å². The van der Waals surface area contributed by atoms with Gasteiger partial charge in [0.2, 0.25) is 17.7 Å². The summed E-state index contributed by atoms with van der Waals surface area (Å²) in [4.78, 5) is 44.3. The smallest absolute Gasteiger partial charge is 0.243 e. The number of carbonyl (C=O) groups excluding carboxylic acids is 4. The van der Waals surface area contributed by atoms with E-state index in [1.54, 1.807) is 6.26 Å². The van der Waals surface area contributed by atoms with Gasteiger partial charge >= 0.3 is 0 Å². The lowest BCUT2D eigenvalue weighted by atomic mass is 10.1. The molecule has 0 radical (unpaired) electrons. The van der Waals surface area contributed by atoms with Crippen LogP contribution in [0, 0.1) is 0 Å². The van der Waals surface area contributed by atoms with Gasteiger partial charge in [0.15, 0.2) is 0 Å². The van der Waals surface area contributed by atoms with Crippen LogP contribution in [0.2, 0.25) is 0 Å². The molecule has 0 fully saturated rings. The SMILES string of the molecule is C.CC.CSC[C@H](NC(=O)CC[C@H](N)C=O)C(=O)NCC(N)=O. The van der Waals surface area contributed by atoms with Crippen LogP contribution in [0.25, 0.3) is 0 Å². The summed E-state index contributed by atoms with van der Waals surface area (Å²) in [6, 6.07) is -1.45. The monoisotopic (exact) mass is 350 g/mol. The van der Waals surface area contributed by atoms with Gasteiger partial charge in [0.1, 0.15) is 12.3 Å². The number of rotatable bonds is 10. The fraction of sp³-hybridized carbons (Fsp3) is 0.714. The number of aldehydes is 1. The third-order valence-corrected chi connectivity index (χ3v) is 2.97. The van der Waals surface area contributed by atoms with Crippen molar-refractivity contribution in [2.75, 3.05) is 18.6 Å². The molecule has 0 rings (SSSR count). The summed E-state index contributed by atoms with van der Waals surface area (Å²) in [5, 5.41) is 4.85. The second kappa shape index (κ2) is 16.8. The normalized spacial score (nSPS) is 11.7. The largest absolute Gasteiger partial charge is 0.368 e. The first-order chi connectivity index (χ1) is 10.4. The van der Waals surface area contributed by atoms with Crippen LogP contribution >= 0.6 is 11.8 Å². The Bertz CT molecular complexity index is 367. The topological polar surface area (TPSA) is 144 Å². The summed E-state index contributed by atoms with van der Waals surface area (Å²) < 4.78 is 0. The van der Waals surface area contributed by atoms with Gasteiger partial charge < -0.3 is 26.9 Å². The minimum absolute atomic E-state index is 0. The molecule has 0 unspecified atom stereocenters. The van der Waals surface area contributed by atoms with Crippen molar-refractivity contribution >= 4 is 35.8 Å². The molecular formula is C14H30N4O4S. The molecule has 0 aromatic carbocycles. The summed E-state index contributed by atoms with van der Waals surface area (Å²) in [7, 11) is 0. The molecule has 6 N–H and O–H groups in total. The summed E-state index contributed by atoms with van der Waals surface area (Å²) in [5.74, 6) is -1.16. The maximum absolute atomic E-state index is 11.7. The molecule has 23 heavy (non-hydrogen) atoms. The molecule has 0 saturated carbocycles. The van der Waals surface area contributed by atoms with E-state index < -0.39 is 23.9 Å². The molecule has 0 aromatic rings. The fourth-order valence-corrected chi connectivity index (χ4v) is 1.85. The highest BCUT2D eigenvalue weighted by atomic mass is 32.2. The van der Waals surface area contributed by atoms with E-state index in [1.807, 2.05) is 13.8 Å². The van der Waals surface area contributed by atoms with Gasteiger partial charge in [-0.15, -0.1) is 0 Å². The highest BCUT2D eigenvalue weighted by Crippen LogP contribution is 2.00. The Kier molecular flexibility index (Phi) is 19.2. The maximum atomic E-state index is 11.7. The number of primary amides is 1. The van der Waals surface area contributed by atoms with E-state index in [0.29, 0.717) is 12.0 Å². The Labute approximate surface area is 142 Å². The molecule has 9 heteroatoms. The van der Waals surface area contributed by atoms with E-state index in [9.17, 15) is 19.2 Å². The van der Waals surface area contributed by atoms with Crippen molar-refractivity contribution in [3.05, 3.63) is 0 Å². The van der Waals surface area contributed by atoms with E-state index in [1.165, 1.54) is 11.8 Å². The molecule has 0 spiro atoms. The Hall–Kier alpha value is -1.61. The molecule has 0 aromatic heterocycles. The number of nitrogens with two attached hydrogens (primary N) is 2. The quantitative estimate of drug-likeness (QED) is 0.387. The third-order valence-electron chi connectivity index (χ3n) is 2.30. The number of hydrogen-bond acceptors (Lipinski definition) is 6. The number of amides is 3. The van der Waals surface area contributed by atoms with Gasteiger partial charge in [0.25, 0.3) is 0 Å². The molecule has 0 aliphatic rings. The molecule has 0 heterocycles. The molecule has 0 aliphatic heterocycles. The number of carbonyl (C=O) groups is 4. The predicted octanol–water partition coefficient (Wildman–Crippen LogP) is -0.596. The second-order valence-corrected chi connectivity index (χ2v) is 5.01. The Morgan fingerprint density at radius 1 is 1.26 bits per heavy atom. The Morgan fingerprint density at radius 2 is 1.83 bits per heavy atom. The molecule has 0 bridgehead atoms. The summed E-state index contributed by atoms with van der Waals surface area (Å²) in [6.45, 7) is 3.72. The van der Waals surface area contributed by atoms with Crippen LogP contribution in [0.4, 0.5) is 0 Å². The highest BCUT2D eigenvalue weighted by molar-refractivity contribution is 7.98. The molecule has 3 amide bonds. The van der Waals surface area contributed by atoms with Crippen molar-refractivity contribution in [1.82, 2.24) is 10.6 Å². The van der Waals surface area contributed by atoms with Gasteiger partial charge in [-0.1, -0.05) is 21.3 Å². The highest BCUT2D eigenvalue weighted by Gasteiger charge is 2.20. The van der Waals surface area contributed by atoms with Crippen molar-refractivity contribution in [1.29, 1.82) is 0 Å². The zero-order valence-electron chi connectivity index (χ0n) is 13.3. The lowest BCUT2D eigenvalue weighted by molar-refractivity contribution is -0.129. The van der Waals surface area contributed by atoms with Crippen molar-refractivity contribution in [3.8, 4) is 0 Å². The maximum Gasteiger partial charge on any atom is 0.243 e. The first kappa shape index (κ1) is 26.3. The van der Waals surface area contributed by atoms with Crippen molar-refractivity contribution in [3.63, 3.8) is 0 Å². The van der Waals surface area contributed by atoms with E-state index in [0.717, 1.165) is 0 Å². The van der Waals surface area contributed by atoms with Crippen LogP contribution in [0.15, 0.2) is 0 Å². The van der Waals surface area contributed by atoms with Gasteiger partial charge in [0, 0.05) is 12.2 Å². The average molecular weight is 350 g/mol. The zero-order valence-corrected chi connectivity index (χ0v) is 14.1. The second-order valence-electron chi connectivity index (χ2n) is 4.10. The first-order valence-electron chi connectivity index (χ1n) is 6.95. The van der Waals surface area contributed by atoms with Crippen LogP contribution in [0.5, 0.6) is 0 Å². The molecule has 0 aliphatic carbocycles. The summed E-state index contributed by atoms with van der Waals surface area (Å²) in [5.41, 5.74) is 10.3. The van der Waals surface area contributed by atoms with E-state index in [4.69, 9.17) is 11.5 Å². The fourth-order valence-electron chi connectivity index (χ4n) is 1.28. The lowest BCUT2D eigenvalue weighted by Crippen LogP contribution is -2.50. The van der Waals surface area contributed by atoms with Gasteiger partial charge in [0.05, 0.1) is 12.6 Å². The lowest BCUT2D eigenvalue weighted by Gasteiger charge is -2.17. The minimum atomic E-state index is -0.760. The first-order valence-corrected chi connectivity index (χ1v) is 8.35. The molecule has 2 atom stereocenters. The van der Waals surface area contributed by atoms with E-state index in [2.05, 4.69) is 10.6 Å². The van der Waals surface area contributed by atoms with Crippen LogP contribution in [-0.2, 0) is 19.2 Å². The van der Waals surface area contributed by atoms with Crippen LogP contribution in [0.1, 0.15) is 34.1 Å². The zero-order chi connectivity index (χ0) is 17.5. The van der Waals surface area contributed by atoms with Crippen molar-refractivity contribution in [2.24, 2.45) is 11.5 Å². The standard InChI is InChI=1S/C11H20N4O4S.C2H6.CH4/c1-20-6-8(11(19)14-4-9(13)17)15-10(18)3-2-7(12)5-16;1-2;/h5,7-8H,2-4,6,12H2,1H3,(H2,13,17)(H,14,19)(H,15,18);1-2H3;1H4/t7-,8-;;/m0../s1. The van der Waals surface area contributed by atoms with Crippen molar-refractivity contribution < 1.29 is 19.2 Å². The van der Waals surface area contributed by atoms with Crippen molar-refractivity contribution in [2.45, 2.75) is 46.2 Å².